The van der Waals surface area contributed by atoms with Gasteiger partial charge in [-0.1, -0.05) is 0 Å². The largest absolute Gasteiger partial charge is 0.504 e. The molecule has 0 radical (unpaired) electrons. The van der Waals surface area contributed by atoms with E-state index in [-0.39, 0.29) is 28.8 Å². The average molecular weight is 369 g/mol. The first-order chi connectivity index (χ1) is 12.8. The number of phenols is 2. The molecule has 4 N–H and O–H groups in total. The van der Waals surface area contributed by atoms with E-state index < -0.39 is 11.5 Å². The van der Waals surface area contributed by atoms with E-state index >= 15 is 0 Å². The molecule has 138 valence electrons. The minimum absolute atomic E-state index is 0.00344. The van der Waals surface area contributed by atoms with Crippen LogP contribution in [-0.4, -0.2) is 47.3 Å². The number of hydrogen-bond acceptors (Lipinski definition) is 8. The van der Waals surface area contributed by atoms with Crippen LogP contribution in [0.15, 0.2) is 34.2 Å². The third kappa shape index (κ3) is 3.81. The normalized spacial score (nSPS) is 11.0. The van der Waals surface area contributed by atoms with Gasteiger partial charge in [-0.05, 0) is 43.7 Å². The van der Waals surface area contributed by atoms with E-state index in [1.165, 1.54) is 37.4 Å². The molecule has 0 spiro atoms. The number of nitrogens with one attached hydrogen (secondary N) is 2. The summed E-state index contributed by atoms with van der Waals surface area (Å²) < 4.78 is 1.15. The number of nitrogens with zero attached hydrogens (tertiary/aromatic N) is 5. The van der Waals surface area contributed by atoms with Crippen molar-refractivity contribution in [3.05, 3.63) is 57.3 Å². The molecular weight excluding hydrogens is 354 g/mol. The summed E-state index contributed by atoms with van der Waals surface area (Å²) in [4.78, 5) is 26.6. The zero-order chi connectivity index (χ0) is 19.6. The standard InChI is InChI=1S/C16H15N7O4/c1-8-5-11(23(22-8)16-18-14(26)9(2)19-21-16)15(27)20-17-7-10-3-4-12(24)13(25)6-10/h3-7,24-25H,1-2H3,(H,20,27)(H,18,21,26)/b17-7-. The number of hydrazone groups is 1. The highest BCUT2D eigenvalue weighted by Gasteiger charge is 2.17. The zero-order valence-corrected chi connectivity index (χ0v) is 14.3. The van der Waals surface area contributed by atoms with Crippen LogP contribution in [-0.2, 0) is 0 Å². The minimum atomic E-state index is -0.599. The van der Waals surface area contributed by atoms with Gasteiger partial charge >= 0.3 is 0 Å². The number of hydrogen-bond donors (Lipinski definition) is 4. The van der Waals surface area contributed by atoms with Crippen LogP contribution < -0.4 is 11.0 Å². The highest BCUT2D eigenvalue weighted by molar-refractivity contribution is 5.94. The topological polar surface area (TPSA) is 158 Å². The molecule has 11 nitrogen and oxygen atoms in total. The molecule has 0 aliphatic rings. The van der Waals surface area contributed by atoms with Crippen molar-refractivity contribution in [2.75, 3.05) is 0 Å². The number of aryl methyl sites for hydroxylation is 2. The van der Waals surface area contributed by atoms with Gasteiger partial charge in [0.1, 0.15) is 11.4 Å². The SMILES string of the molecule is Cc1cc(C(=O)N/N=C\c2ccc(O)c(O)c2)n(-c2nnc(C)c(=O)[nH]2)n1. The van der Waals surface area contributed by atoms with Crippen molar-refractivity contribution in [2.45, 2.75) is 13.8 Å². The number of aromatic hydroxyl groups is 2. The Labute approximate surface area is 152 Å². The lowest BCUT2D eigenvalue weighted by molar-refractivity contribution is 0.0947. The van der Waals surface area contributed by atoms with E-state index in [0.717, 1.165) is 4.68 Å². The number of amides is 1. The monoisotopic (exact) mass is 369 g/mol. The first kappa shape index (κ1) is 17.8. The third-order valence-corrected chi connectivity index (χ3v) is 3.49. The predicted octanol–water partition coefficient (Wildman–Crippen LogP) is 0.143. The maximum absolute atomic E-state index is 12.4. The van der Waals surface area contributed by atoms with E-state index in [1.807, 2.05) is 0 Å². The Morgan fingerprint density at radius 2 is 2.00 bits per heavy atom. The van der Waals surface area contributed by atoms with E-state index in [9.17, 15) is 19.8 Å². The molecule has 3 aromatic rings. The minimum Gasteiger partial charge on any atom is -0.504 e. The summed E-state index contributed by atoms with van der Waals surface area (Å²) in [7, 11) is 0. The molecule has 3 rings (SSSR count). The second-order valence-corrected chi connectivity index (χ2v) is 5.59. The van der Waals surface area contributed by atoms with Gasteiger partial charge in [0.15, 0.2) is 11.5 Å². The lowest BCUT2D eigenvalue weighted by Crippen LogP contribution is -2.24. The van der Waals surface area contributed by atoms with Gasteiger partial charge in [-0.25, -0.2) is 5.43 Å². The number of aromatic amines is 1. The van der Waals surface area contributed by atoms with Gasteiger partial charge in [-0.3, -0.25) is 14.6 Å². The van der Waals surface area contributed by atoms with Crippen LogP contribution in [0.25, 0.3) is 5.95 Å². The van der Waals surface area contributed by atoms with Crippen molar-refractivity contribution in [2.24, 2.45) is 5.10 Å². The number of phenolic OH excluding ortho intramolecular Hbond substituents is 2. The van der Waals surface area contributed by atoms with Gasteiger partial charge in [0, 0.05) is 0 Å². The lowest BCUT2D eigenvalue weighted by Gasteiger charge is -2.04. The summed E-state index contributed by atoms with van der Waals surface area (Å²) in [6, 6.07) is 5.58. The number of H-pyrrole nitrogens is 1. The number of rotatable bonds is 4. The fourth-order valence-electron chi connectivity index (χ4n) is 2.15. The number of carbonyl (C=O) groups is 1. The molecular formula is C16H15N7O4. The smallest absolute Gasteiger partial charge is 0.290 e. The van der Waals surface area contributed by atoms with Crippen molar-refractivity contribution in [1.82, 2.24) is 30.4 Å². The van der Waals surface area contributed by atoms with Gasteiger partial charge in [-0.2, -0.15) is 14.9 Å². The number of aromatic nitrogens is 5. The maximum Gasteiger partial charge on any atom is 0.290 e. The molecule has 1 amide bonds. The second-order valence-electron chi connectivity index (χ2n) is 5.59. The summed E-state index contributed by atoms with van der Waals surface area (Å²) >= 11 is 0. The molecule has 0 saturated heterocycles. The highest BCUT2D eigenvalue weighted by atomic mass is 16.3. The Hall–Kier alpha value is -4.02. The Bertz CT molecular complexity index is 1100. The molecule has 27 heavy (non-hydrogen) atoms. The van der Waals surface area contributed by atoms with Crippen molar-refractivity contribution in [3.8, 4) is 17.4 Å². The third-order valence-electron chi connectivity index (χ3n) is 3.49. The van der Waals surface area contributed by atoms with Crippen molar-refractivity contribution in [3.63, 3.8) is 0 Å². The molecule has 11 heteroatoms. The lowest BCUT2D eigenvalue weighted by atomic mass is 10.2. The van der Waals surface area contributed by atoms with Gasteiger partial charge in [-0.15, -0.1) is 10.2 Å². The molecule has 1 aromatic carbocycles. The number of benzene rings is 1. The summed E-state index contributed by atoms with van der Waals surface area (Å²) in [6.45, 7) is 3.18. The highest BCUT2D eigenvalue weighted by Crippen LogP contribution is 2.23. The van der Waals surface area contributed by atoms with Gasteiger partial charge in [0.05, 0.1) is 11.9 Å². The summed E-state index contributed by atoms with van der Waals surface area (Å²) in [6.07, 6.45) is 1.29. The van der Waals surface area contributed by atoms with Crippen LogP contribution >= 0.6 is 0 Å². The van der Waals surface area contributed by atoms with Gasteiger partial charge in [0.2, 0.25) is 0 Å². The zero-order valence-electron chi connectivity index (χ0n) is 14.3. The van der Waals surface area contributed by atoms with Gasteiger partial charge < -0.3 is 10.2 Å². The van der Waals surface area contributed by atoms with E-state index in [4.69, 9.17) is 0 Å². The Morgan fingerprint density at radius 3 is 2.70 bits per heavy atom. The number of carbonyl (C=O) groups excluding carboxylic acids is 1. The molecule has 0 bridgehead atoms. The summed E-state index contributed by atoms with van der Waals surface area (Å²) in [5, 5.41) is 34.2. The molecule has 0 atom stereocenters. The molecule has 2 aromatic heterocycles. The molecule has 0 unspecified atom stereocenters. The summed E-state index contributed by atoms with van der Waals surface area (Å²) in [5.41, 5.74) is 3.14. The Morgan fingerprint density at radius 1 is 1.22 bits per heavy atom. The quantitative estimate of drug-likeness (QED) is 0.289. The second kappa shape index (κ2) is 7.07. The van der Waals surface area contributed by atoms with Crippen LogP contribution in [0.3, 0.4) is 0 Å². The molecule has 0 fully saturated rings. The molecule has 0 saturated carbocycles. The molecule has 0 aliphatic heterocycles. The van der Waals surface area contributed by atoms with Crippen LogP contribution in [0.5, 0.6) is 11.5 Å². The van der Waals surface area contributed by atoms with Gasteiger partial charge in [0.25, 0.3) is 17.4 Å². The van der Waals surface area contributed by atoms with Crippen LogP contribution in [0.1, 0.15) is 27.4 Å². The van der Waals surface area contributed by atoms with Crippen molar-refractivity contribution >= 4 is 12.1 Å². The van der Waals surface area contributed by atoms with Crippen molar-refractivity contribution < 1.29 is 15.0 Å². The van der Waals surface area contributed by atoms with Crippen LogP contribution in [0, 0.1) is 13.8 Å². The predicted molar refractivity (Wildman–Crippen MR) is 94.1 cm³/mol. The summed E-state index contributed by atoms with van der Waals surface area (Å²) in [5.74, 6) is -1.17. The average Bonchev–Trinajstić information content (AvgIpc) is 3.02. The van der Waals surface area contributed by atoms with Crippen LogP contribution in [0.2, 0.25) is 0 Å². The first-order valence-corrected chi connectivity index (χ1v) is 7.71. The first-order valence-electron chi connectivity index (χ1n) is 7.71. The fourth-order valence-corrected chi connectivity index (χ4v) is 2.15. The van der Waals surface area contributed by atoms with E-state index in [1.54, 1.807) is 6.92 Å². The Balaban J connectivity index is 1.82. The fraction of sp³-hybridized carbons (Fsp3) is 0.125. The molecule has 0 aliphatic carbocycles. The molecule has 2 heterocycles. The Kier molecular flexibility index (Phi) is 4.66. The van der Waals surface area contributed by atoms with E-state index in [2.05, 4.69) is 30.8 Å². The van der Waals surface area contributed by atoms with E-state index in [0.29, 0.717) is 11.3 Å². The maximum atomic E-state index is 12.4. The van der Waals surface area contributed by atoms with Crippen LogP contribution in [0.4, 0.5) is 0 Å². The van der Waals surface area contributed by atoms with Crippen molar-refractivity contribution in [1.29, 1.82) is 0 Å².